The van der Waals surface area contributed by atoms with E-state index in [0.29, 0.717) is 4.47 Å². The zero-order chi connectivity index (χ0) is 14.9. The van der Waals surface area contributed by atoms with E-state index in [1.807, 2.05) is 0 Å². The molecule has 1 aromatic carbocycles. The summed E-state index contributed by atoms with van der Waals surface area (Å²) < 4.78 is 15.9. The third-order valence-electron chi connectivity index (χ3n) is 2.69. The summed E-state index contributed by atoms with van der Waals surface area (Å²) >= 11 is 3.22. The maximum atomic E-state index is 13.7. The van der Waals surface area contributed by atoms with Crippen LogP contribution in [0.15, 0.2) is 34.9 Å². The molecule has 0 spiro atoms. The number of halogens is 2. The molecule has 0 atom stereocenters. The first kappa shape index (κ1) is 14.3. The number of nitrogens with one attached hydrogen (secondary N) is 1. The fourth-order valence-corrected chi connectivity index (χ4v) is 2.28. The average Bonchev–Trinajstić information content (AvgIpc) is 2.70. The van der Waals surface area contributed by atoms with Gasteiger partial charge in [-0.3, -0.25) is 4.79 Å². The number of benzene rings is 1. The van der Waals surface area contributed by atoms with Crippen LogP contribution >= 0.6 is 15.9 Å². The lowest BCUT2D eigenvalue weighted by Crippen LogP contribution is -2.18. The first-order chi connectivity index (χ1) is 9.40. The summed E-state index contributed by atoms with van der Waals surface area (Å²) in [5, 5.41) is 11.3. The van der Waals surface area contributed by atoms with E-state index in [4.69, 9.17) is 5.11 Å². The van der Waals surface area contributed by atoms with Gasteiger partial charge >= 0.3 is 5.97 Å². The molecule has 0 saturated carbocycles. The Labute approximate surface area is 122 Å². The summed E-state index contributed by atoms with van der Waals surface area (Å²) in [5.74, 6) is -2.70. The number of amides is 1. The minimum absolute atomic E-state index is 0.275. The van der Waals surface area contributed by atoms with Gasteiger partial charge in [0.2, 0.25) is 0 Å². The van der Waals surface area contributed by atoms with Crippen LogP contribution in [0, 0.1) is 5.82 Å². The van der Waals surface area contributed by atoms with Gasteiger partial charge in [-0.05, 0) is 34.1 Å². The molecule has 0 aliphatic rings. The largest absolute Gasteiger partial charge is 0.478 e. The van der Waals surface area contributed by atoms with Gasteiger partial charge in [0.1, 0.15) is 11.5 Å². The number of nitrogens with zero attached hydrogens (tertiary/aromatic N) is 1. The number of hydrogen-bond acceptors (Lipinski definition) is 2. The zero-order valence-corrected chi connectivity index (χ0v) is 11.9. The summed E-state index contributed by atoms with van der Waals surface area (Å²) in [6.45, 7) is 0. The van der Waals surface area contributed by atoms with Crippen LogP contribution in [0.3, 0.4) is 0 Å². The minimum Gasteiger partial charge on any atom is -0.478 e. The molecule has 1 amide bonds. The van der Waals surface area contributed by atoms with Crippen molar-refractivity contribution in [3.05, 3.63) is 52.0 Å². The van der Waals surface area contributed by atoms with E-state index in [9.17, 15) is 14.0 Å². The second-order valence-corrected chi connectivity index (χ2v) is 4.99. The van der Waals surface area contributed by atoms with E-state index in [-0.39, 0.29) is 16.9 Å². The Kier molecular flexibility index (Phi) is 3.89. The van der Waals surface area contributed by atoms with Gasteiger partial charge in [-0.2, -0.15) is 0 Å². The molecule has 0 bridgehead atoms. The lowest BCUT2D eigenvalue weighted by molar-refractivity contribution is 0.0697. The molecule has 0 saturated heterocycles. The molecule has 1 aromatic heterocycles. The van der Waals surface area contributed by atoms with E-state index in [0.717, 1.165) is 6.07 Å². The normalized spacial score (nSPS) is 10.3. The van der Waals surface area contributed by atoms with Crippen LogP contribution in [0.5, 0.6) is 0 Å². The smallest absolute Gasteiger partial charge is 0.337 e. The number of carboxylic acid groups (broad SMARTS) is 1. The van der Waals surface area contributed by atoms with Gasteiger partial charge in [0.05, 0.1) is 11.3 Å². The third kappa shape index (κ3) is 2.72. The fourth-order valence-electron chi connectivity index (χ4n) is 1.76. The van der Waals surface area contributed by atoms with Crippen molar-refractivity contribution in [3.63, 3.8) is 0 Å². The van der Waals surface area contributed by atoms with Crippen molar-refractivity contribution in [1.82, 2.24) is 4.57 Å². The van der Waals surface area contributed by atoms with Crippen LogP contribution in [0.25, 0.3) is 0 Å². The standard InChI is InChI=1S/C13H10BrFN2O3/c1-17-6-7(14)5-10(17)12(18)16-11-8(13(19)20)3-2-4-9(11)15/h2-6H,1H3,(H,16,18)(H,19,20). The highest BCUT2D eigenvalue weighted by molar-refractivity contribution is 9.10. The molecule has 5 nitrogen and oxygen atoms in total. The van der Waals surface area contributed by atoms with E-state index in [1.165, 1.54) is 12.1 Å². The van der Waals surface area contributed by atoms with E-state index >= 15 is 0 Å². The second-order valence-electron chi connectivity index (χ2n) is 4.08. The molecule has 20 heavy (non-hydrogen) atoms. The molecule has 0 aliphatic carbocycles. The highest BCUT2D eigenvalue weighted by atomic mass is 79.9. The molecular formula is C13H10BrFN2O3. The molecular weight excluding hydrogens is 331 g/mol. The van der Waals surface area contributed by atoms with E-state index in [1.54, 1.807) is 23.9 Å². The van der Waals surface area contributed by atoms with Crippen LogP contribution in [0.2, 0.25) is 0 Å². The molecule has 0 radical (unpaired) electrons. The lowest BCUT2D eigenvalue weighted by atomic mass is 10.1. The Balaban J connectivity index is 2.37. The van der Waals surface area contributed by atoms with E-state index < -0.39 is 17.7 Å². The van der Waals surface area contributed by atoms with Gasteiger partial charge in [-0.15, -0.1) is 0 Å². The first-order valence-corrected chi connectivity index (χ1v) is 6.34. The summed E-state index contributed by atoms with van der Waals surface area (Å²) in [5.41, 5.74) is -0.370. The maximum absolute atomic E-state index is 13.7. The lowest BCUT2D eigenvalue weighted by Gasteiger charge is -2.09. The van der Waals surface area contributed by atoms with Crippen molar-refractivity contribution in [2.75, 3.05) is 5.32 Å². The molecule has 2 rings (SSSR count). The van der Waals surface area contributed by atoms with E-state index in [2.05, 4.69) is 21.2 Å². The topological polar surface area (TPSA) is 71.3 Å². The summed E-state index contributed by atoms with van der Waals surface area (Å²) in [6, 6.07) is 5.13. The fraction of sp³-hybridized carbons (Fsp3) is 0.0769. The highest BCUT2D eigenvalue weighted by Crippen LogP contribution is 2.22. The Morgan fingerprint density at radius 1 is 1.40 bits per heavy atom. The Bertz CT molecular complexity index is 697. The number of carbonyl (C=O) groups excluding carboxylic acids is 1. The first-order valence-electron chi connectivity index (χ1n) is 5.55. The van der Waals surface area contributed by atoms with Crippen LogP contribution < -0.4 is 5.32 Å². The Morgan fingerprint density at radius 2 is 2.10 bits per heavy atom. The van der Waals surface area contributed by atoms with Crippen molar-refractivity contribution >= 4 is 33.5 Å². The molecule has 0 aliphatic heterocycles. The van der Waals surface area contributed by atoms with Gasteiger partial charge in [0, 0.05) is 17.7 Å². The van der Waals surface area contributed by atoms with Crippen molar-refractivity contribution in [2.45, 2.75) is 0 Å². The number of rotatable bonds is 3. The summed E-state index contributed by atoms with van der Waals surface area (Å²) in [6.07, 6.45) is 1.66. The number of para-hydroxylation sites is 1. The molecule has 104 valence electrons. The monoisotopic (exact) mass is 340 g/mol. The van der Waals surface area contributed by atoms with Gasteiger partial charge in [-0.1, -0.05) is 6.07 Å². The molecule has 2 N–H and O–H groups in total. The predicted octanol–water partition coefficient (Wildman–Crippen LogP) is 2.88. The van der Waals surface area contributed by atoms with Crippen LogP contribution in [-0.4, -0.2) is 21.6 Å². The van der Waals surface area contributed by atoms with Gasteiger partial charge in [0.25, 0.3) is 5.91 Å². The van der Waals surface area contributed by atoms with Crippen molar-refractivity contribution in [2.24, 2.45) is 7.05 Å². The summed E-state index contributed by atoms with van der Waals surface area (Å²) in [7, 11) is 1.65. The minimum atomic E-state index is -1.31. The van der Waals surface area contributed by atoms with Gasteiger partial charge in [-0.25, -0.2) is 9.18 Å². The third-order valence-corrected chi connectivity index (χ3v) is 3.12. The summed E-state index contributed by atoms with van der Waals surface area (Å²) in [4.78, 5) is 23.1. The highest BCUT2D eigenvalue weighted by Gasteiger charge is 2.18. The number of anilines is 1. The van der Waals surface area contributed by atoms with Gasteiger partial charge < -0.3 is 15.0 Å². The quantitative estimate of drug-likeness (QED) is 0.902. The predicted molar refractivity (Wildman–Crippen MR) is 74.4 cm³/mol. The SMILES string of the molecule is Cn1cc(Br)cc1C(=O)Nc1c(F)cccc1C(=O)O. The number of carbonyl (C=O) groups is 2. The molecule has 0 fully saturated rings. The van der Waals surface area contributed by atoms with Crippen molar-refractivity contribution in [3.8, 4) is 0 Å². The van der Waals surface area contributed by atoms with Crippen LogP contribution in [0.1, 0.15) is 20.8 Å². The van der Waals surface area contributed by atoms with Crippen molar-refractivity contribution in [1.29, 1.82) is 0 Å². The number of aromatic carboxylic acids is 1. The number of aryl methyl sites for hydroxylation is 1. The van der Waals surface area contributed by atoms with Crippen molar-refractivity contribution < 1.29 is 19.1 Å². The number of hydrogen-bond donors (Lipinski definition) is 2. The molecule has 7 heteroatoms. The number of carboxylic acids is 1. The number of aromatic nitrogens is 1. The van der Waals surface area contributed by atoms with Gasteiger partial charge in [0.15, 0.2) is 0 Å². The zero-order valence-electron chi connectivity index (χ0n) is 10.4. The molecule has 1 heterocycles. The van der Waals surface area contributed by atoms with Crippen LogP contribution in [-0.2, 0) is 7.05 Å². The Morgan fingerprint density at radius 3 is 2.65 bits per heavy atom. The maximum Gasteiger partial charge on any atom is 0.337 e. The van der Waals surface area contributed by atoms with Crippen LogP contribution in [0.4, 0.5) is 10.1 Å². The molecule has 2 aromatic rings. The second kappa shape index (κ2) is 5.46. The Hall–Kier alpha value is -2.15. The molecule has 0 unspecified atom stereocenters. The average molecular weight is 341 g/mol.